The van der Waals surface area contributed by atoms with Gasteiger partial charge in [0.15, 0.2) is 6.61 Å². The van der Waals surface area contributed by atoms with Crippen LogP contribution in [0.4, 0.5) is 5.69 Å². The molecule has 0 heterocycles. The lowest BCUT2D eigenvalue weighted by molar-refractivity contribution is 0.368. The Bertz CT molecular complexity index is 635. The predicted octanol–water partition coefficient (Wildman–Crippen LogP) is 4.27. The number of aryl methyl sites for hydroxylation is 1. The van der Waals surface area contributed by atoms with Crippen LogP contribution in [0.25, 0.3) is 0 Å². The maximum Gasteiger partial charge on any atom is 0.174 e. The summed E-state index contributed by atoms with van der Waals surface area (Å²) in [6.07, 6.45) is 0. The van der Waals surface area contributed by atoms with E-state index in [9.17, 15) is 0 Å². The fourth-order valence-electron chi connectivity index (χ4n) is 1.77. The van der Waals surface area contributed by atoms with Gasteiger partial charge in [-0.25, -0.2) is 0 Å². The molecule has 0 unspecified atom stereocenters. The van der Waals surface area contributed by atoms with Crippen LogP contribution >= 0.6 is 15.9 Å². The number of benzene rings is 2. The predicted molar refractivity (Wildman–Crippen MR) is 83.8 cm³/mol. The van der Waals surface area contributed by atoms with E-state index in [-0.39, 0.29) is 6.61 Å². The van der Waals surface area contributed by atoms with Crippen molar-refractivity contribution in [2.75, 3.05) is 11.9 Å². The number of hydrogen-bond acceptors (Lipinski definition) is 3. The molecule has 3 nitrogen and oxygen atoms in total. The van der Waals surface area contributed by atoms with Crippen LogP contribution in [0.3, 0.4) is 0 Å². The molecule has 2 aromatic rings. The largest absolute Gasteiger partial charge is 0.479 e. The SMILES string of the molecule is Cc1ccc(NCc2cccc(OCC#N)c2)cc1Br. The fourth-order valence-corrected chi connectivity index (χ4v) is 2.15. The van der Waals surface area contributed by atoms with Crippen molar-refractivity contribution in [1.82, 2.24) is 0 Å². The van der Waals surface area contributed by atoms with E-state index in [0.29, 0.717) is 6.54 Å². The van der Waals surface area contributed by atoms with Crippen LogP contribution in [0.1, 0.15) is 11.1 Å². The molecule has 0 radical (unpaired) electrons. The lowest BCUT2D eigenvalue weighted by Gasteiger charge is -2.09. The van der Waals surface area contributed by atoms with E-state index in [1.807, 2.05) is 30.3 Å². The van der Waals surface area contributed by atoms with E-state index in [1.54, 1.807) is 0 Å². The number of nitriles is 1. The third-order valence-electron chi connectivity index (χ3n) is 2.87. The molecule has 0 aromatic heterocycles. The van der Waals surface area contributed by atoms with Crippen molar-refractivity contribution < 1.29 is 4.74 Å². The minimum atomic E-state index is 0.0712. The first-order chi connectivity index (χ1) is 9.69. The Morgan fingerprint density at radius 1 is 1.25 bits per heavy atom. The van der Waals surface area contributed by atoms with Crippen LogP contribution < -0.4 is 10.1 Å². The summed E-state index contributed by atoms with van der Waals surface area (Å²) in [6.45, 7) is 2.84. The van der Waals surface area contributed by atoms with E-state index in [0.717, 1.165) is 21.5 Å². The van der Waals surface area contributed by atoms with Crippen LogP contribution in [0.5, 0.6) is 5.75 Å². The topological polar surface area (TPSA) is 45.0 Å². The van der Waals surface area contributed by atoms with Gasteiger partial charge in [-0.3, -0.25) is 0 Å². The molecular weight excluding hydrogens is 316 g/mol. The first-order valence-corrected chi connectivity index (χ1v) is 7.07. The van der Waals surface area contributed by atoms with Gasteiger partial charge in [-0.2, -0.15) is 5.26 Å². The molecule has 0 bridgehead atoms. The van der Waals surface area contributed by atoms with Crippen LogP contribution in [0.2, 0.25) is 0 Å². The highest BCUT2D eigenvalue weighted by Crippen LogP contribution is 2.21. The van der Waals surface area contributed by atoms with Crippen molar-refractivity contribution >= 4 is 21.6 Å². The number of nitrogens with one attached hydrogen (secondary N) is 1. The molecule has 0 aliphatic carbocycles. The Hall–Kier alpha value is -1.99. The van der Waals surface area contributed by atoms with Gasteiger partial charge in [0.25, 0.3) is 0 Å². The maximum absolute atomic E-state index is 8.51. The van der Waals surface area contributed by atoms with Crippen LogP contribution in [-0.4, -0.2) is 6.61 Å². The van der Waals surface area contributed by atoms with E-state index < -0.39 is 0 Å². The molecule has 2 rings (SSSR count). The summed E-state index contributed by atoms with van der Waals surface area (Å²) in [5.41, 5.74) is 3.38. The number of rotatable bonds is 5. The van der Waals surface area contributed by atoms with Gasteiger partial charge in [-0.15, -0.1) is 0 Å². The van der Waals surface area contributed by atoms with Crippen LogP contribution in [0, 0.1) is 18.3 Å². The van der Waals surface area contributed by atoms with Crippen LogP contribution in [-0.2, 0) is 6.54 Å². The highest BCUT2D eigenvalue weighted by Gasteiger charge is 1.99. The third-order valence-corrected chi connectivity index (χ3v) is 3.72. The molecule has 0 saturated heterocycles. The molecule has 0 aliphatic heterocycles. The van der Waals surface area contributed by atoms with E-state index in [4.69, 9.17) is 10.00 Å². The molecule has 2 aromatic carbocycles. The molecule has 20 heavy (non-hydrogen) atoms. The molecule has 1 N–H and O–H groups in total. The van der Waals surface area contributed by atoms with Gasteiger partial charge in [0.05, 0.1) is 0 Å². The van der Waals surface area contributed by atoms with Crippen molar-refractivity contribution in [2.24, 2.45) is 0 Å². The molecule has 0 atom stereocenters. The Labute approximate surface area is 127 Å². The van der Waals surface area contributed by atoms with Gasteiger partial charge in [0.2, 0.25) is 0 Å². The Balaban J connectivity index is 1.99. The van der Waals surface area contributed by atoms with Gasteiger partial charge in [0, 0.05) is 16.7 Å². The zero-order valence-electron chi connectivity index (χ0n) is 11.2. The summed E-state index contributed by atoms with van der Waals surface area (Å²) in [5, 5.41) is 11.9. The minimum absolute atomic E-state index is 0.0712. The Morgan fingerprint density at radius 2 is 2.10 bits per heavy atom. The van der Waals surface area contributed by atoms with Crippen molar-refractivity contribution in [3.63, 3.8) is 0 Å². The smallest absolute Gasteiger partial charge is 0.174 e. The molecule has 102 valence electrons. The van der Waals surface area contributed by atoms with Crippen LogP contribution in [0.15, 0.2) is 46.9 Å². The molecule has 0 aliphatic rings. The zero-order valence-corrected chi connectivity index (χ0v) is 12.8. The number of ether oxygens (including phenoxy) is 1. The van der Waals surface area contributed by atoms with Crippen molar-refractivity contribution in [2.45, 2.75) is 13.5 Å². The Morgan fingerprint density at radius 3 is 2.85 bits per heavy atom. The summed E-state index contributed by atoms with van der Waals surface area (Å²) >= 11 is 3.52. The summed E-state index contributed by atoms with van der Waals surface area (Å²) in [6, 6.07) is 15.9. The van der Waals surface area contributed by atoms with Gasteiger partial charge >= 0.3 is 0 Å². The van der Waals surface area contributed by atoms with E-state index in [2.05, 4.69) is 46.4 Å². The van der Waals surface area contributed by atoms with Crippen molar-refractivity contribution in [1.29, 1.82) is 5.26 Å². The average molecular weight is 331 g/mol. The quantitative estimate of drug-likeness (QED) is 0.890. The highest BCUT2D eigenvalue weighted by molar-refractivity contribution is 9.10. The lowest BCUT2D eigenvalue weighted by Crippen LogP contribution is -2.00. The van der Waals surface area contributed by atoms with Gasteiger partial charge in [0.1, 0.15) is 11.8 Å². The standard InChI is InChI=1S/C16H15BrN2O/c1-12-5-6-14(10-16(12)17)19-11-13-3-2-4-15(9-13)20-8-7-18/h2-6,9-10,19H,8,11H2,1H3. The highest BCUT2D eigenvalue weighted by atomic mass is 79.9. The van der Waals surface area contributed by atoms with E-state index in [1.165, 1.54) is 5.56 Å². The normalized spacial score (nSPS) is 9.85. The molecule has 0 spiro atoms. The van der Waals surface area contributed by atoms with Gasteiger partial charge < -0.3 is 10.1 Å². The average Bonchev–Trinajstić information content (AvgIpc) is 2.47. The van der Waals surface area contributed by atoms with Crippen molar-refractivity contribution in [3.05, 3.63) is 58.1 Å². The number of anilines is 1. The first kappa shape index (κ1) is 14.4. The molecule has 0 saturated carbocycles. The monoisotopic (exact) mass is 330 g/mol. The second-order valence-electron chi connectivity index (χ2n) is 4.41. The maximum atomic E-state index is 8.51. The fraction of sp³-hybridized carbons (Fsp3) is 0.188. The molecule has 0 amide bonds. The molecule has 4 heteroatoms. The first-order valence-electron chi connectivity index (χ1n) is 6.28. The second-order valence-corrected chi connectivity index (χ2v) is 5.27. The molecular formula is C16H15BrN2O. The van der Waals surface area contributed by atoms with E-state index >= 15 is 0 Å². The van der Waals surface area contributed by atoms with Gasteiger partial charge in [-0.05, 0) is 42.3 Å². The Kier molecular flexibility index (Phi) is 5.03. The number of nitrogens with zero attached hydrogens (tertiary/aromatic N) is 1. The third kappa shape index (κ3) is 4.01. The molecule has 0 fully saturated rings. The summed E-state index contributed by atoms with van der Waals surface area (Å²) in [7, 11) is 0. The zero-order chi connectivity index (χ0) is 14.4. The van der Waals surface area contributed by atoms with Gasteiger partial charge in [-0.1, -0.05) is 34.1 Å². The number of halogens is 1. The second kappa shape index (κ2) is 6.97. The summed E-state index contributed by atoms with van der Waals surface area (Å²) in [5.74, 6) is 0.718. The summed E-state index contributed by atoms with van der Waals surface area (Å²) in [4.78, 5) is 0. The minimum Gasteiger partial charge on any atom is -0.479 e. The van der Waals surface area contributed by atoms with Crippen molar-refractivity contribution in [3.8, 4) is 11.8 Å². The summed E-state index contributed by atoms with van der Waals surface area (Å²) < 4.78 is 6.38. The number of hydrogen-bond donors (Lipinski definition) is 1. The lowest BCUT2D eigenvalue weighted by atomic mass is 10.2.